The Balaban J connectivity index is 4.17. The number of rotatable bonds is 53. The van der Waals surface area contributed by atoms with Gasteiger partial charge in [0.2, 0.25) is 0 Å². The Morgan fingerprint density at radius 3 is 1.18 bits per heavy atom. The smallest absolute Gasteiger partial charge is 0.306 e. The number of unbranched alkanes of at least 4 members (excludes halogenated alkanes) is 33. The molecule has 0 saturated carbocycles. The number of phosphoric ester groups is 1. The van der Waals surface area contributed by atoms with Gasteiger partial charge in [0.05, 0.1) is 27.7 Å². The minimum Gasteiger partial charge on any atom is -0.756 e. The summed E-state index contributed by atoms with van der Waals surface area (Å²) in [6, 6.07) is 0. The van der Waals surface area contributed by atoms with Crippen LogP contribution in [0.3, 0.4) is 0 Å². The molecule has 0 heterocycles. The number of carbonyl (C=O) groups excluding carboxylic acids is 2. The molecule has 0 rings (SSSR count). The van der Waals surface area contributed by atoms with Crippen molar-refractivity contribution < 1.29 is 42.1 Å². The van der Waals surface area contributed by atoms with Crippen LogP contribution in [-0.4, -0.2) is 70.0 Å². The van der Waals surface area contributed by atoms with Gasteiger partial charge in [-0.1, -0.05) is 243 Å². The maximum atomic E-state index is 12.8. The molecule has 0 fully saturated rings. The van der Waals surface area contributed by atoms with E-state index < -0.39 is 26.5 Å². The molecule has 0 aliphatic heterocycles. The van der Waals surface area contributed by atoms with Crippen LogP contribution in [0.15, 0.2) is 36.5 Å². The summed E-state index contributed by atoms with van der Waals surface area (Å²) in [6.45, 7) is 4.26. The lowest BCUT2D eigenvalue weighted by Gasteiger charge is -2.28. The van der Waals surface area contributed by atoms with Gasteiger partial charge in [-0.25, -0.2) is 0 Å². The van der Waals surface area contributed by atoms with Crippen LogP contribution >= 0.6 is 7.82 Å². The quantitative estimate of drug-likeness (QED) is 0.0195. The molecule has 0 spiro atoms. The summed E-state index contributed by atoms with van der Waals surface area (Å²) in [5.74, 6) is -0.825. The van der Waals surface area contributed by atoms with E-state index in [0.717, 1.165) is 57.8 Å². The predicted molar refractivity (Wildman–Crippen MR) is 287 cm³/mol. The van der Waals surface area contributed by atoms with Gasteiger partial charge < -0.3 is 27.9 Å². The minimum atomic E-state index is -4.63. The number of likely N-dealkylation sites (N-methyl/N-ethyl adjacent to an activating group) is 1. The van der Waals surface area contributed by atoms with Gasteiger partial charge >= 0.3 is 11.9 Å². The fraction of sp³-hybridized carbons (Fsp3) is 0.862. The highest BCUT2D eigenvalue weighted by Gasteiger charge is 2.22. The van der Waals surface area contributed by atoms with Gasteiger partial charge in [-0.15, -0.1) is 0 Å². The molecule has 2 atom stereocenters. The molecule has 0 bridgehead atoms. The molecule has 0 N–H and O–H groups in total. The highest BCUT2D eigenvalue weighted by molar-refractivity contribution is 7.45. The highest BCUT2D eigenvalue weighted by Crippen LogP contribution is 2.38. The van der Waals surface area contributed by atoms with E-state index in [2.05, 4.69) is 50.3 Å². The summed E-state index contributed by atoms with van der Waals surface area (Å²) in [5, 5.41) is 0. The van der Waals surface area contributed by atoms with Crippen LogP contribution in [0.1, 0.15) is 271 Å². The first-order chi connectivity index (χ1) is 33.0. The fourth-order valence-electron chi connectivity index (χ4n) is 8.19. The van der Waals surface area contributed by atoms with Gasteiger partial charge in [-0.3, -0.25) is 14.2 Å². The molecule has 0 aromatic heterocycles. The molecule has 9 nitrogen and oxygen atoms in total. The standard InChI is InChI=1S/C58H110NO8P/c1-6-8-10-12-14-16-18-20-22-24-26-27-28-29-30-31-33-35-37-39-41-43-45-47-49-51-58(61)67-56(55-66-68(62,63)65-53-52-59(3,4)5)54-64-57(60)50-48-46-44-42-40-38-36-34-32-25-23-21-19-17-15-13-11-9-7-2/h18,20,24,26,28-29,56H,6-17,19,21-23,25,27,30-55H2,1-5H3/b20-18-,26-24-,29-28-. The molecule has 0 amide bonds. The number of quaternary nitrogens is 1. The first-order valence-corrected chi connectivity index (χ1v) is 30.2. The minimum absolute atomic E-state index is 0.0302. The van der Waals surface area contributed by atoms with Gasteiger partial charge in [-0.05, 0) is 51.4 Å². The average Bonchev–Trinajstić information content (AvgIpc) is 3.30. The van der Waals surface area contributed by atoms with E-state index in [0.29, 0.717) is 17.4 Å². The Morgan fingerprint density at radius 1 is 0.456 bits per heavy atom. The van der Waals surface area contributed by atoms with Crippen molar-refractivity contribution in [3.8, 4) is 0 Å². The Labute approximate surface area is 421 Å². The monoisotopic (exact) mass is 980 g/mol. The lowest BCUT2D eigenvalue weighted by atomic mass is 10.0. The molecular weight excluding hydrogens is 870 g/mol. The number of allylic oxidation sites excluding steroid dienone is 6. The zero-order chi connectivity index (χ0) is 49.9. The second kappa shape index (κ2) is 50.2. The third-order valence-electron chi connectivity index (χ3n) is 12.7. The van der Waals surface area contributed by atoms with Crippen molar-refractivity contribution in [3.63, 3.8) is 0 Å². The molecule has 0 aromatic rings. The Bertz CT molecular complexity index is 1250. The molecule has 0 aliphatic rings. The summed E-state index contributed by atoms with van der Waals surface area (Å²) in [4.78, 5) is 37.8. The van der Waals surface area contributed by atoms with E-state index >= 15 is 0 Å². The van der Waals surface area contributed by atoms with Crippen LogP contribution in [0.5, 0.6) is 0 Å². The molecule has 0 aromatic carbocycles. The van der Waals surface area contributed by atoms with Crippen molar-refractivity contribution >= 4 is 19.8 Å². The van der Waals surface area contributed by atoms with Crippen molar-refractivity contribution in [2.24, 2.45) is 0 Å². The molecule has 0 saturated heterocycles. The summed E-state index contributed by atoms with van der Waals surface area (Å²) in [6.07, 6.45) is 60.4. The number of nitrogens with zero attached hydrogens (tertiary/aromatic N) is 1. The first kappa shape index (κ1) is 66.2. The number of carbonyl (C=O) groups is 2. The normalized spacial score (nSPS) is 13.6. The highest BCUT2D eigenvalue weighted by atomic mass is 31.2. The van der Waals surface area contributed by atoms with Crippen molar-refractivity contribution in [1.29, 1.82) is 0 Å². The van der Waals surface area contributed by atoms with Crippen molar-refractivity contribution in [2.45, 2.75) is 277 Å². The Kier molecular flexibility index (Phi) is 48.9. The topological polar surface area (TPSA) is 111 Å². The van der Waals surface area contributed by atoms with Crippen LogP contribution in [0.4, 0.5) is 0 Å². The Hall–Kier alpha value is -1.77. The first-order valence-electron chi connectivity index (χ1n) is 28.7. The van der Waals surface area contributed by atoms with Gasteiger partial charge in [-0.2, -0.15) is 0 Å². The van der Waals surface area contributed by atoms with Crippen LogP contribution in [0.2, 0.25) is 0 Å². The van der Waals surface area contributed by atoms with Crippen LogP contribution in [0, 0.1) is 0 Å². The zero-order valence-corrected chi connectivity index (χ0v) is 46.2. The fourth-order valence-corrected chi connectivity index (χ4v) is 8.92. The number of ether oxygens (including phenoxy) is 2. The Morgan fingerprint density at radius 2 is 0.794 bits per heavy atom. The molecule has 2 unspecified atom stereocenters. The second-order valence-corrected chi connectivity index (χ2v) is 22.1. The van der Waals surface area contributed by atoms with E-state index in [1.165, 1.54) is 180 Å². The summed E-state index contributed by atoms with van der Waals surface area (Å²) in [5.41, 5.74) is 0. The number of hydrogen-bond donors (Lipinski definition) is 0. The summed E-state index contributed by atoms with van der Waals surface area (Å²) < 4.78 is 34.2. The average molecular weight is 980 g/mol. The van der Waals surface area contributed by atoms with E-state index in [9.17, 15) is 19.0 Å². The molecule has 400 valence electrons. The zero-order valence-electron chi connectivity index (χ0n) is 45.3. The molecule has 0 aliphatic carbocycles. The third-order valence-corrected chi connectivity index (χ3v) is 13.6. The van der Waals surface area contributed by atoms with E-state index in [-0.39, 0.29) is 32.0 Å². The SMILES string of the molecule is CCCCCCC/C=C\C/C=C\C/C=C\CCCCCCCCCCCCC(=O)OC(COC(=O)CCCCCCCCCCCCCCCCCCCCC)COP(=O)([O-])OCC[N+](C)(C)C. The van der Waals surface area contributed by atoms with E-state index in [1.807, 2.05) is 21.1 Å². The number of phosphoric acid groups is 1. The van der Waals surface area contributed by atoms with E-state index in [4.69, 9.17) is 18.5 Å². The van der Waals surface area contributed by atoms with Crippen LogP contribution in [0.25, 0.3) is 0 Å². The summed E-state index contributed by atoms with van der Waals surface area (Å²) >= 11 is 0. The second-order valence-electron chi connectivity index (χ2n) is 20.7. The van der Waals surface area contributed by atoms with Gasteiger partial charge in [0.25, 0.3) is 7.82 Å². The largest absolute Gasteiger partial charge is 0.756 e. The predicted octanol–water partition coefficient (Wildman–Crippen LogP) is 17.0. The van der Waals surface area contributed by atoms with Crippen molar-refractivity contribution in [2.75, 3.05) is 47.5 Å². The molecule has 10 heteroatoms. The van der Waals surface area contributed by atoms with Crippen molar-refractivity contribution in [1.82, 2.24) is 0 Å². The molecule has 0 radical (unpaired) electrons. The molecular formula is C58H110NO8P. The lowest BCUT2D eigenvalue weighted by Crippen LogP contribution is -2.37. The van der Waals surface area contributed by atoms with Crippen LogP contribution in [-0.2, 0) is 32.7 Å². The molecule has 68 heavy (non-hydrogen) atoms. The maximum Gasteiger partial charge on any atom is 0.306 e. The van der Waals surface area contributed by atoms with Gasteiger partial charge in [0.1, 0.15) is 19.8 Å². The maximum absolute atomic E-state index is 12.8. The number of hydrogen-bond acceptors (Lipinski definition) is 8. The third kappa shape index (κ3) is 53.6. The van der Waals surface area contributed by atoms with Gasteiger partial charge in [0, 0.05) is 12.8 Å². The summed E-state index contributed by atoms with van der Waals surface area (Å²) in [7, 11) is 1.17. The lowest BCUT2D eigenvalue weighted by molar-refractivity contribution is -0.870. The van der Waals surface area contributed by atoms with E-state index in [1.54, 1.807) is 0 Å². The van der Waals surface area contributed by atoms with Gasteiger partial charge in [0.15, 0.2) is 6.10 Å². The van der Waals surface area contributed by atoms with Crippen molar-refractivity contribution in [3.05, 3.63) is 36.5 Å². The van der Waals surface area contributed by atoms with Crippen LogP contribution < -0.4 is 4.89 Å². The number of esters is 2.